The van der Waals surface area contributed by atoms with Crippen molar-refractivity contribution in [1.82, 2.24) is 10.3 Å². The lowest BCUT2D eigenvalue weighted by molar-refractivity contribution is 0.0954. The number of aromatic nitrogens is 1. The number of halogens is 2. The van der Waals surface area contributed by atoms with Crippen molar-refractivity contribution in [3.63, 3.8) is 0 Å². The lowest BCUT2D eigenvalue weighted by Crippen LogP contribution is -2.25. The highest BCUT2D eigenvalue weighted by Gasteiger charge is 2.04. The molecule has 2 heterocycles. The van der Waals surface area contributed by atoms with E-state index in [1.54, 1.807) is 24.5 Å². The lowest BCUT2D eigenvalue weighted by atomic mass is 10.2. The van der Waals surface area contributed by atoms with E-state index in [1.807, 2.05) is 12.1 Å². The molecule has 0 aliphatic carbocycles. The first-order valence-electron chi connectivity index (χ1n) is 5.18. The smallest absolute Gasteiger partial charge is 0.252 e. The number of hydrogen-bond donors (Lipinski definition) is 1. The topological polar surface area (TPSA) is 42.0 Å². The minimum atomic E-state index is -0.0965. The van der Waals surface area contributed by atoms with Crippen LogP contribution in [0.2, 0.25) is 4.34 Å². The highest BCUT2D eigenvalue weighted by molar-refractivity contribution is 7.16. The molecule has 6 heteroatoms. The van der Waals surface area contributed by atoms with E-state index in [-0.39, 0.29) is 18.3 Å². The first kappa shape index (κ1) is 15.0. The van der Waals surface area contributed by atoms with Gasteiger partial charge in [0.05, 0.1) is 9.90 Å². The summed E-state index contributed by atoms with van der Waals surface area (Å²) in [6.45, 7) is 0.602. The Morgan fingerprint density at radius 1 is 1.39 bits per heavy atom. The molecule has 3 nitrogen and oxygen atoms in total. The third-order valence-corrected chi connectivity index (χ3v) is 3.50. The van der Waals surface area contributed by atoms with Gasteiger partial charge in [-0.05, 0) is 30.7 Å². The van der Waals surface area contributed by atoms with Gasteiger partial charge >= 0.3 is 0 Å². The molecule has 2 aromatic rings. The van der Waals surface area contributed by atoms with Crippen LogP contribution in [0.3, 0.4) is 0 Å². The number of pyridine rings is 1. The molecule has 2 aromatic heterocycles. The second kappa shape index (κ2) is 7.36. The van der Waals surface area contributed by atoms with E-state index in [1.165, 1.54) is 16.2 Å². The summed E-state index contributed by atoms with van der Waals surface area (Å²) in [7, 11) is 0. The zero-order valence-corrected chi connectivity index (χ0v) is 11.8. The Hall–Kier alpha value is -1.10. The quantitative estimate of drug-likeness (QED) is 0.942. The molecular weight excluding hydrogens is 291 g/mol. The zero-order valence-electron chi connectivity index (χ0n) is 9.43. The van der Waals surface area contributed by atoms with Crippen LogP contribution in [0.15, 0.2) is 36.7 Å². The third-order valence-electron chi connectivity index (χ3n) is 2.21. The number of thiophene rings is 1. The molecule has 0 saturated heterocycles. The van der Waals surface area contributed by atoms with Gasteiger partial charge in [0.1, 0.15) is 0 Å². The molecule has 1 N–H and O–H groups in total. The summed E-state index contributed by atoms with van der Waals surface area (Å²) < 4.78 is 0.776. The van der Waals surface area contributed by atoms with E-state index < -0.39 is 0 Å². The van der Waals surface area contributed by atoms with Crippen molar-refractivity contribution >= 4 is 41.3 Å². The van der Waals surface area contributed by atoms with Crippen LogP contribution in [0.1, 0.15) is 15.2 Å². The second-order valence-electron chi connectivity index (χ2n) is 3.45. The molecule has 2 rings (SSSR count). The van der Waals surface area contributed by atoms with E-state index in [2.05, 4.69) is 10.3 Å². The molecule has 0 fully saturated rings. The van der Waals surface area contributed by atoms with Gasteiger partial charge in [0.25, 0.3) is 5.91 Å². The van der Waals surface area contributed by atoms with E-state index in [9.17, 15) is 4.79 Å². The molecule has 0 unspecified atom stereocenters. The maximum atomic E-state index is 11.7. The predicted molar refractivity (Wildman–Crippen MR) is 76.9 cm³/mol. The Kier molecular flexibility index (Phi) is 6.12. The second-order valence-corrected chi connectivity index (χ2v) is 5.25. The molecule has 0 radical (unpaired) electrons. The fourth-order valence-corrected chi connectivity index (χ4v) is 2.47. The van der Waals surface area contributed by atoms with Crippen LogP contribution in [0.4, 0.5) is 0 Å². The average molecular weight is 303 g/mol. The van der Waals surface area contributed by atoms with Crippen LogP contribution in [0.5, 0.6) is 0 Å². The Morgan fingerprint density at radius 3 is 2.83 bits per heavy atom. The standard InChI is InChI=1S/C12H11ClN2OS.ClH/c13-11-4-3-10(17-11)5-7-15-12(16)9-2-1-6-14-8-9;/h1-4,6,8H,5,7H2,(H,15,16);1H. The van der Waals surface area contributed by atoms with Crippen molar-refractivity contribution in [3.8, 4) is 0 Å². The van der Waals surface area contributed by atoms with Crippen LogP contribution in [-0.4, -0.2) is 17.4 Å². The first-order valence-corrected chi connectivity index (χ1v) is 6.37. The van der Waals surface area contributed by atoms with Crippen molar-refractivity contribution in [2.75, 3.05) is 6.54 Å². The monoisotopic (exact) mass is 302 g/mol. The van der Waals surface area contributed by atoms with E-state index >= 15 is 0 Å². The van der Waals surface area contributed by atoms with Crippen LogP contribution in [0.25, 0.3) is 0 Å². The number of hydrogen-bond acceptors (Lipinski definition) is 3. The van der Waals surface area contributed by atoms with Crippen molar-refractivity contribution in [2.24, 2.45) is 0 Å². The third kappa shape index (κ3) is 4.29. The van der Waals surface area contributed by atoms with E-state index in [0.717, 1.165) is 10.8 Å². The van der Waals surface area contributed by atoms with Crippen molar-refractivity contribution in [3.05, 3.63) is 51.4 Å². The van der Waals surface area contributed by atoms with Crippen LogP contribution < -0.4 is 5.32 Å². The Balaban J connectivity index is 0.00000162. The minimum absolute atomic E-state index is 0. The zero-order chi connectivity index (χ0) is 12.1. The van der Waals surface area contributed by atoms with Crippen LogP contribution in [-0.2, 0) is 6.42 Å². The fourth-order valence-electron chi connectivity index (χ4n) is 1.38. The molecule has 0 saturated carbocycles. The Labute approximate surface area is 121 Å². The first-order chi connectivity index (χ1) is 8.25. The van der Waals surface area contributed by atoms with Gasteiger partial charge in [0.2, 0.25) is 0 Å². The maximum absolute atomic E-state index is 11.7. The molecule has 0 spiro atoms. The highest BCUT2D eigenvalue weighted by Crippen LogP contribution is 2.21. The number of nitrogens with zero attached hydrogens (tertiary/aromatic N) is 1. The van der Waals surface area contributed by atoms with Crippen molar-refractivity contribution < 1.29 is 4.79 Å². The lowest BCUT2D eigenvalue weighted by Gasteiger charge is -2.03. The average Bonchev–Trinajstić information content (AvgIpc) is 2.76. The maximum Gasteiger partial charge on any atom is 0.252 e. The number of amides is 1. The van der Waals surface area contributed by atoms with Gasteiger partial charge in [0.15, 0.2) is 0 Å². The molecule has 0 aliphatic heterocycles. The summed E-state index contributed by atoms with van der Waals surface area (Å²) in [5.74, 6) is -0.0965. The summed E-state index contributed by atoms with van der Waals surface area (Å²) in [6.07, 6.45) is 3.99. The molecule has 0 aliphatic rings. The number of nitrogens with one attached hydrogen (secondary N) is 1. The molecule has 0 atom stereocenters. The molecular formula is C12H12Cl2N2OS. The van der Waals surface area contributed by atoms with Gasteiger partial charge in [-0.3, -0.25) is 9.78 Å². The highest BCUT2D eigenvalue weighted by atomic mass is 35.5. The SMILES string of the molecule is Cl.O=C(NCCc1ccc(Cl)s1)c1cccnc1. The summed E-state index contributed by atoms with van der Waals surface area (Å²) in [5, 5.41) is 2.84. The van der Waals surface area contributed by atoms with Gasteiger partial charge in [-0.15, -0.1) is 23.7 Å². The van der Waals surface area contributed by atoms with Crippen molar-refractivity contribution in [2.45, 2.75) is 6.42 Å². The normalized spacial score (nSPS) is 9.61. The molecule has 1 amide bonds. The summed E-state index contributed by atoms with van der Waals surface area (Å²) in [5.41, 5.74) is 0.580. The summed E-state index contributed by atoms with van der Waals surface area (Å²) >= 11 is 7.36. The van der Waals surface area contributed by atoms with Gasteiger partial charge in [0, 0.05) is 23.8 Å². The van der Waals surface area contributed by atoms with Gasteiger partial charge in [-0.1, -0.05) is 11.6 Å². The molecule has 0 aromatic carbocycles. The number of rotatable bonds is 4. The summed E-state index contributed by atoms with van der Waals surface area (Å²) in [4.78, 5) is 16.7. The Bertz CT molecular complexity index is 502. The fraction of sp³-hybridized carbons (Fsp3) is 0.167. The molecule has 18 heavy (non-hydrogen) atoms. The molecule has 96 valence electrons. The van der Waals surface area contributed by atoms with Gasteiger partial charge in [-0.2, -0.15) is 0 Å². The predicted octanol–water partition coefficient (Wildman–Crippen LogP) is 3.19. The summed E-state index contributed by atoms with van der Waals surface area (Å²) in [6, 6.07) is 7.33. The van der Waals surface area contributed by atoms with Crippen LogP contribution >= 0.6 is 35.3 Å². The van der Waals surface area contributed by atoms with Gasteiger partial charge in [-0.25, -0.2) is 0 Å². The Morgan fingerprint density at radius 2 is 2.22 bits per heavy atom. The van der Waals surface area contributed by atoms with E-state index in [0.29, 0.717) is 12.1 Å². The largest absolute Gasteiger partial charge is 0.352 e. The van der Waals surface area contributed by atoms with Gasteiger partial charge < -0.3 is 5.32 Å². The van der Waals surface area contributed by atoms with Crippen molar-refractivity contribution in [1.29, 1.82) is 0 Å². The van der Waals surface area contributed by atoms with Crippen LogP contribution in [0, 0.1) is 0 Å². The number of carbonyl (C=O) groups excluding carboxylic acids is 1. The minimum Gasteiger partial charge on any atom is -0.352 e. The molecule has 0 bridgehead atoms. The van der Waals surface area contributed by atoms with E-state index in [4.69, 9.17) is 11.6 Å². The number of carbonyl (C=O) groups is 1.